The van der Waals surface area contributed by atoms with Crippen LogP contribution in [0.25, 0.3) is 11.3 Å². The van der Waals surface area contributed by atoms with Crippen LogP contribution in [-0.4, -0.2) is 0 Å². The zero-order valence-electron chi connectivity index (χ0n) is 12.4. The van der Waals surface area contributed by atoms with Gasteiger partial charge in [-0.25, -0.2) is 27.5 Å². The molecule has 1 heterocycles. The van der Waals surface area contributed by atoms with Crippen LogP contribution in [-0.2, 0) is 6.54 Å². The molecule has 8 heteroatoms. The van der Waals surface area contributed by atoms with Crippen molar-refractivity contribution >= 4 is 0 Å². The molecule has 0 saturated heterocycles. The van der Waals surface area contributed by atoms with E-state index in [2.05, 4.69) is 20.8 Å². The highest BCUT2D eigenvalue weighted by molar-refractivity contribution is 5.56. The molecule has 2 aromatic rings. The van der Waals surface area contributed by atoms with Crippen LogP contribution in [0.4, 0.5) is 4.39 Å². The Morgan fingerprint density at radius 3 is 2.14 bits per heavy atom. The standard InChI is InChI=1S/C14H17FNO.ClHO4/c1-14(2,3)10-16-9-8-13(17-16)11-6-4-5-7-12(11)15;2-1(3,4)5/h4-9H,10H2,1-3H3;(H,2,3,4,5)/q+1;/p-1. The lowest BCUT2D eigenvalue weighted by Crippen LogP contribution is -2.68. The molecule has 0 aliphatic heterocycles. The molecule has 2 rings (SSSR count). The zero-order valence-corrected chi connectivity index (χ0v) is 13.2. The lowest BCUT2D eigenvalue weighted by Gasteiger charge is -2.17. The molecule has 122 valence electrons. The van der Waals surface area contributed by atoms with Gasteiger partial charge in [0.05, 0.1) is 11.6 Å². The number of halogens is 2. The molecular formula is C14H17ClFNO5. The number of benzene rings is 1. The van der Waals surface area contributed by atoms with Gasteiger partial charge in [0.2, 0.25) is 12.0 Å². The Morgan fingerprint density at radius 2 is 1.64 bits per heavy atom. The first kappa shape index (κ1) is 18.5. The van der Waals surface area contributed by atoms with Crippen molar-refractivity contribution in [3.05, 3.63) is 42.3 Å². The summed E-state index contributed by atoms with van der Waals surface area (Å²) < 4.78 is 54.9. The van der Waals surface area contributed by atoms with Gasteiger partial charge in [0.1, 0.15) is 5.82 Å². The SMILES string of the molecule is CC(C)(C)C[n+]1ccc(-c2ccccc2F)o1.[O-][Cl+3]([O-])([O-])[O-]. The van der Waals surface area contributed by atoms with E-state index in [1.54, 1.807) is 29.0 Å². The van der Waals surface area contributed by atoms with Crippen LogP contribution in [0.1, 0.15) is 20.8 Å². The third-order valence-electron chi connectivity index (χ3n) is 2.38. The lowest BCUT2D eigenvalue weighted by molar-refractivity contribution is -2.00. The van der Waals surface area contributed by atoms with Crippen molar-refractivity contribution in [1.82, 2.24) is 0 Å². The van der Waals surface area contributed by atoms with E-state index < -0.39 is 10.2 Å². The summed E-state index contributed by atoms with van der Waals surface area (Å²) in [5, 5.41) is 0. The Bertz CT molecular complexity index is 598. The number of hydrogen-bond acceptors (Lipinski definition) is 5. The van der Waals surface area contributed by atoms with Crippen molar-refractivity contribution in [2.24, 2.45) is 5.41 Å². The monoisotopic (exact) mass is 333 g/mol. The van der Waals surface area contributed by atoms with Crippen LogP contribution in [0.3, 0.4) is 0 Å². The van der Waals surface area contributed by atoms with Crippen LogP contribution < -0.4 is 23.4 Å². The van der Waals surface area contributed by atoms with Crippen LogP contribution in [0.5, 0.6) is 0 Å². The predicted octanol–water partition coefficient (Wildman–Crippen LogP) is -1.34. The van der Waals surface area contributed by atoms with Crippen LogP contribution in [0.2, 0.25) is 0 Å². The third-order valence-corrected chi connectivity index (χ3v) is 2.38. The molecule has 0 amide bonds. The number of hydrogen-bond donors (Lipinski definition) is 0. The Morgan fingerprint density at radius 1 is 1.09 bits per heavy atom. The Labute approximate surface area is 129 Å². The smallest absolute Gasteiger partial charge is 0.220 e. The second-order valence-corrected chi connectivity index (χ2v) is 6.52. The van der Waals surface area contributed by atoms with E-state index in [4.69, 9.17) is 23.2 Å². The summed E-state index contributed by atoms with van der Waals surface area (Å²) in [6.45, 7) is 7.16. The highest BCUT2D eigenvalue weighted by atomic mass is 35.7. The maximum absolute atomic E-state index is 13.6. The molecule has 0 N–H and O–H groups in total. The normalized spacial score (nSPS) is 11.8. The summed E-state index contributed by atoms with van der Waals surface area (Å²) in [4.78, 5) is 0. The van der Waals surface area contributed by atoms with Gasteiger partial charge in [0.25, 0.3) is 0 Å². The molecular weight excluding hydrogens is 317 g/mol. The first-order valence-electron chi connectivity index (χ1n) is 6.32. The van der Waals surface area contributed by atoms with Crippen molar-refractivity contribution in [3.8, 4) is 11.3 Å². The molecule has 0 fully saturated rings. The fraction of sp³-hybridized carbons (Fsp3) is 0.357. The predicted molar refractivity (Wildman–Crippen MR) is 63.8 cm³/mol. The molecule has 0 unspecified atom stereocenters. The summed E-state index contributed by atoms with van der Waals surface area (Å²) in [6, 6.07) is 8.42. The van der Waals surface area contributed by atoms with E-state index in [1.165, 1.54) is 6.07 Å². The van der Waals surface area contributed by atoms with Gasteiger partial charge in [-0.15, -0.1) is 10.2 Å². The number of aromatic nitrogens is 1. The topological polar surface area (TPSA) is 109 Å². The van der Waals surface area contributed by atoms with Crippen LogP contribution in [0.15, 0.2) is 41.1 Å². The van der Waals surface area contributed by atoms with E-state index in [1.807, 2.05) is 6.20 Å². The van der Waals surface area contributed by atoms with Gasteiger partial charge in [0, 0.05) is 5.41 Å². The molecule has 1 aromatic carbocycles. The zero-order chi connectivity index (χ0) is 17.0. The molecule has 0 aliphatic carbocycles. The summed E-state index contributed by atoms with van der Waals surface area (Å²) in [7, 11) is -4.94. The second-order valence-electron chi connectivity index (χ2n) is 5.76. The summed E-state index contributed by atoms with van der Waals surface area (Å²) >= 11 is 0. The van der Waals surface area contributed by atoms with E-state index in [0.29, 0.717) is 11.3 Å². The largest absolute Gasteiger partial charge is 0.236 e. The molecule has 0 bridgehead atoms. The third kappa shape index (κ3) is 7.48. The van der Waals surface area contributed by atoms with Gasteiger partial charge >= 0.3 is 0 Å². The maximum atomic E-state index is 13.6. The Hall–Kier alpha value is -1.51. The quantitative estimate of drug-likeness (QED) is 0.632. The number of rotatable bonds is 2. The number of nitrogens with zero attached hydrogens (tertiary/aromatic N) is 1. The van der Waals surface area contributed by atoms with Gasteiger partial charge in [-0.1, -0.05) is 32.9 Å². The molecule has 0 aliphatic rings. The van der Waals surface area contributed by atoms with Crippen LogP contribution in [0, 0.1) is 21.5 Å². The minimum atomic E-state index is -4.94. The Kier molecular flexibility index (Phi) is 6.04. The van der Waals surface area contributed by atoms with Crippen LogP contribution >= 0.6 is 0 Å². The van der Waals surface area contributed by atoms with E-state index in [-0.39, 0.29) is 11.2 Å². The average molecular weight is 334 g/mol. The van der Waals surface area contributed by atoms with Crippen molar-refractivity contribution in [3.63, 3.8) is 0 Å². The van der Waals surface area contributed by atoms with Crippen molar-refractivity contribution in [2.75, 3.05) is 0 Å². The molecule has 0 radical (unpaired) electrons. The fourth-order valence-corrected chi connectivity index (χ4v) is 1.69. The van der Waals surface area contributed by atoms with E-state index >= 15 is 0 Å². The minimum absolute atomic E-state index is 0.134. The van der Waals surface area contributed by atoms with Gasteiger partial charge in [-0.05, 0) is 16.9 Å². The summed E-state index contributed by atoms with van der Waals surface area (Å²) in [6.07, 6.45) is 1.84. The highest BCUT2D eigenvalue weighted by Crippen LogP contribution is 2.21. The molecule has 0 atom stereocenters. The summed E-state index contributed by atoms with van der Waals surface area (Å²) in [5.74, 6) is 0.303. The maximum Gasteiger partial charge on any atom is 0.220 e. The van der Waals surface area contributed by atoms with Crippen molar-refractivity contribution < 1.29 is 42.5 Å². The van der Waals surface area contributed by atoms with Crippen molar-refractivity contribution in [1.29, 1.82) is 0 Å². The highest BCUT2D eigenvalue weighted by Gasteiger charge is 2.21. The van der Waals surface area contributed by atoms with Gasteiger partial charge in [-0.3, -0.25) is 0 Å². The lowest BCUT2D eigenvalue weighted by atomic mass is 9.97. The fourth-order valence-electron chi connectivity index (χ4n) is 1.69. The van der Waals surface area contributed by atoms with E-state index in [0.717, 1.165) is 6.54 Å². The first-order chi connectivity index (χ1) is 9.96. The van der Waals surface area contributed by atoms with Gasteiger partial charge in [-0.2, -0.15) is 0 Å². The van der Waals surface area contributed by atoms with E-state index in [9.17, 15) is 4.39 Å². The molecule has 0 spiro atoms. The minimum Gasteiger partial charge on any atom is -0.236 e. The Balaban J connectivity index is 0.000000422. The first-order valence-corrected chi connectivity index (χ1v) is 7.55. The average Bonchev–Trinajstić information content (AvgIpc) is 2.73. The second kappa shape index (κ2) is 7.17. The van der Waals surface area contributed by atoms with Gasteiger partial charge in [0.15, 0.2) is 6.54 Å². The molecule has 0 saturated carbocycles. The van der Waals surface area contributed by atoms with Gasteiger partial charge < -0.3 is 0 Å². The molecule has 1 aromatic heterocycles. The molecule has 22 heavy (non-hydrogen) atoms. The summed E-state index contributed by atoms with van der Waals surface area (Å²) in [5.41, 5.74) is 0.634. The molecule has 6 nitrogen and oxygen atoms in total. The van der Waals surface area contributed by atoms with Crippen molar-refractivity contribution in [2.45, 2.75) is 27.3 Å².